The Labute approximate surface area is 162 Å². The van der Waals surface area contributed by atoms with E-state index in [0.29, 0.717) is 5.57 Å². The van der Waals surface area contributed by atoms with Crippen molar-refractivity contribution in [2.75, 3.05) is 0 Å². The predicted octanol–water partition coefficient (Wildman–Crippen LogP) is 6.49. The molecule has 130 valence electrons. The van der Waals surface area contributed by atoms with Gasteiger partial charge in [-0.25, -0.2) is 0 Å². The fraction of sp³-hybridized carbons (Fsp3) is 0.0417. The van der Waals surface area contributed by atoms with Gasteiger partial charge in [-0.3, -0.25) is 0 Å². The summed E-state index contributed by atoms with van der Waals surface area (Å²) in [5.41, 5.74) is 10.8. The highest BCUT2D eigenvalue weighted by atomic mass is 32.1. The van der Waals surface area contributed by atoms with Crippen LogP contribution in [-0.2, 0) is 0 Å². The van der Waals surface area contributed by atoms with Gasteiger partial charge in [-0.1, -0.05) is 54.6 Å². The normalized spacial score (nSPS) is 12.4. The Morgan fingerprint density at radius 1 is 0.926 bits per heavy atom. The maximum atomic E-state index is 9.03. The molecule has 2 N–H and O–H groups in total. The van der Waals surface area contributed by atoms with Gasteiger partial charge in [0.25, 0.3) is 0 Å². The zero-order chi connectivity index (χ0) is 18.8. The number of nitrogens with two attached hydrogens (primary N) is 1. The number of hydrogen-bond acceptors (Lipinski definition) is 3. The second-order valence-corrected chi connectivity index (χ2v) is 7.53. The summed E-state index contributed by atoms with van der Waals surface area (Å²) in [6.45, 7) is 1.78. The molecule has 0 spiro atoms. The van der Waals surface area contributed by atoms with Crippen molar-refractivity contribution < 1.29 is 0 Å². The van der Waals surface area contributed by atoms with Crippen LogP contribution in [0.3, 0.4) is 0 Å². The largest absolute Gasteiger partial charge is 0.404 e. The topological polar surface area (TPSA) is 49.8 Å². The second-order valence-electron chi connectivity index (χ2n) is 6.45. The summed E-state index contributed by atoms with van der Waals surface area (Å²) < 4.78 is 2.49. The van der Waals surface area contributed by atoms with E-state index in [2.05, 4.69) is 66.7 Å². The van der Waals surface area contributed by atoms with Crippen molar-refractivity contribution in [3.8, 4) is 17.2 Å². The van der Waals surface area contributed by atoms with Crippen LogP contribution in [0, 0.1) is 11.3 Å². The molecule has 3 heteroatoms. The van der Waals surface area contributed by atoms with E-state index in [1.54, 1.807) is 24.5 Å². The van der Waals surface area contributed by atoms with Gasteiger partial charge in [-0.15, -0.1) is 11.3 Å². The Hall–Kier alpha value is -3.35. The zero-order valence-electron chi connectivity index (χ0n) is 14.9. The molecule has 0 bridgehead atoms. The molecule has 0 saturated carbocycles. The standard InChI is InChI=1S/C24H18N2S/c1-16(14-25)11-20(15-26)19-8-10-22-21-9-7-18(17-5-3-2-4-6-17)12-23(21)27-24(22)13-19/h2-13,15H,26H2,1H3/b16-11+,20-15+. The molecule has 3 aromatic carbocycles. The number of thiophene rings is 1. The number of benzene rings is 3. The van der Waals surface area contributed by atoms with Gasteiger partial charge in [0.2, 0.25) is 0 Å². The first-order valence-corrected chi connectivity index (χ1v) is 9.53. The lowest BCUT2D eigenvalue weighted by atomic mass is 10.0. The number of fused-ring (bicyclic) bond motifs is 3. The van der Waals surface area contributed by atoms with Crippen LogP contribution >= 0.6 is 11.3 Å². The van der Waals surface area contributed by atoms with E-state index in [1.165, 1.54) is 31.3 Å². The minimum absolute atomic E-state index is 0.635. The highest BCUT2D eigenvalue weighted by molar-refractivity contribution is 7.25. The Balaban J connectivity index is 1.83. The fourth-order valence-electron chi connectivity index (χ4n) is 3.26. The van der Waals surface area contributed by atoms with Crippen LogP contribution in [0.4, 0.5) is 0 Å². The maximum Gasteiger partial charge on any atom is 0.0944 e. The van der Waals surface area contributed by atoms with E-state index in [1.807, 2.05) is 12.1 Å². The van der Waals surface area contributed by atoms with Gasteiger partial charge in [0.05, 0.1) is 6.07 Å². The van der Waals surface area contributed by atoms with E-state index in [0.717, 1.165) is 11.1 Å². The van der Waals surface area contributed by atoms with E-state index >= 15 is 0 Å². The predicted molar refractivity (Wildman–Crippen MR) is 116 cm³/mol. The molecule has 0 unspecified atom stereocenters. The number of nitriles is 1. The average molecular weight is 366 g/mol. The number of hydrogen-bond donors (Lipinski definition) is 1. The van der Waals surface area contributed by atoms with Crippen molar-refractivity contribution in [1.29, 1.82) is 5.26 Å². The number of nitrogens with zero attached hydrogens (tertiary/aromatic N) is 1. The monoisotopic (exact) mass is 366 g/mol. The summed E-state index contributed by atoms with van der Waals surface area (Å²) in [6.07, 6.45) is 3.38. The first kappa shape index (κ1) is 17.1. The van der Waals surface area contributed by atoms with Crippen molar-refractivity contribution in [1.82, 2.24) is 0 Å². The lowest BCUT2D eigenvalue weighted by Gasteiger charge is -2.03. The number of allylic oxidation sites excluding steroid dienone is 3. The van der Waals surface area contributed by atoms with Crippen molar-refractivity contribution in [2.24, 2.45) is 5.73 Å². The Morgan fingerprint density at radius 2 is 1.63 bits per heavy atom. The van der Waals surface area contributed by atoms with E-state index in [9.17, 15) is 0 Å². The molecule has 0 aliphatic carbocycles. The quantitative estimate of drug-likeness (QED) is 0.333. The molecule has 0 saturated heterocycles. The van der Waals surface area contributed by atoms with E-state index < -0.39 is 0 Å². The molecule has 0 aliphatic rings. The molecule has 4 aromatic rings. The summed E-state index contributed by atoms with van der Waals surface area (Å²) in [5.74, 6) is 0. The third-order valence-electron chi connectivity index (χ3n) is 4.64. The zero-order valence-corrected chi connectivity index (χ0v) is 15.8. The van der Waals surface area contributed by atoms with Crippen molar-refractivity contribution in [3.05, 3.63) is 90.1 Å². The molecule has 0 radical (unpaired) electrons. The van der Waals surface area contributed by atoms with Crippen molar-refractivity contribution in [3.63, 3.8) is 0 Å². The van der Waals surface area contributed by atoms with Gasteiger partial charge in [-0.2, -0.15) is 5.26 Å². The average Bonchev–Trinajstić information content (AvgIpc) is 3.09. The molecular weight excluding hydrogens is 348 g/mol. The van der Waals surface area contributed by atoms with Gasteiger partial charge >= 0.3 is 0 Å². The second kappa shape index (κ2) is 7.11. The van der Waals surface area contributed by atoms with Crippen LogP contribution < -0.4 is 5.73 Å². The minimum atomic E-state index is 0.635. The molecule has 0 atom stereocenters. The molecular formula is C24H18N2S. The lowest BCUT2D eigenvalue weighted by molar-refractivity contribution is 1.44. The summed E-state index contributed by atoms with van der Waals surface area (Å²) in [7, 11) is 0. The van der Waals surface area contributed by atoms with Crippen LogP contribution in [0.2, 0.25) is 0 Å². The lowest BCUT2D eigenvalue weighted by Crippen LogP contribution is -1.88. The highest BCUT2D eigenvalue weighted by Crippen LogP contribution is 2.37. The molecule has 27 heavy (non-hydrogen) atoms. The summed E-state index contributed by atoms with van der Waals surface area (Å²) in [5, 5.41) is 11.5. The van der Waals surface area contributed by atoms with Crippen molar-refractivity contribution in [2.45, 2.75) is 6.92 Å². The SMILES string of the molecule is C/C(C#N)=C\C(=C/N)c1ccc2c(c1)sc1cc(-c3ccccc3)ccc12. The molecule has 0 fully saturated rings. The third-order valence-corrected chi connectivity index (χ3v) is 5.76. The maximum absolute atomic E-state index is 9.03. The van der Waals surface area contributed by atoms with E-state index in [-0.39, 0.29) is 0 Å². The Bertz CT molecular complexity index is 1240. The molecule has 1 aromatic heterocycles. The fourth-order valence-corrected chi connectivity index (χ4v) is 4.44. The van der Waals surface area contributed by atoms with Gasteiger partial charge in [0.15, 0.2) is 0 Å². The Kier molecular flexibility index (Phi) is 4.50. The molecule has 2 nitrogen and oxygen atoms in total. The van der Waals surface area contributed by atoms with Gasteiger partial charge in [0, 0.05) is 31.9 Å². The van der Waals surface area contributed by atoms with Gasteiger partial charge in [-0.05, 0) is 47.4 Å². The van der Waals surface area contributed by atoms with Crippen molar-refractivity contribution >= 4 is 37.1 Å². The van der Waals surface area contributed by atoms with Gasteiger partial charge in [0.1, 0.15) is 0 Å². The van der Waals surface area contributed by atoms with Crippen LogP contribution in [0.15, 0.2) is 84.6 Å². The van der Waals surface area contributed by atoms with Crippen LogP contribution in [0.25, 0.3) is 36.9 Å². The Morgan fingerprint density at radius 3 is 2.33 bits per heavy atom. The first-order valence-electron chi connectivity index (χ1n) is 8.72. The third kappa shape index (κ3) is 3.23. The van der Waals surface area contributed by atoms with Gasteiger partial charge < -0.3 is 5.73 Å². The highest BCUT2D eigenvalue weighted by Gasteiger charge is 2.09. The molecule has 1 heterocycles. The molecule has 0 amide bonds. The summed E-state index contributed by atoms with van der Waals surface area (Å²) >= 11 is 1.78. The first-order chi connectivity index (χ1) is 13.2. The molecule has 0 aliphatic heterocycles. The van der Waals surface area contributed by atoms with E-state index in [4.69, 9.17) is 11.0 Å². The van der Waals surface area contributed by atoms with Crippen LogP contribution in [0.5, 0.6) is 0 Å². The van der Waals surface area contributed by atoms with Crippen LogP contribution in [-0.4, -0.2) is 0 Å². The number of rotatable bonds is 3. The minimum Gasteiger partial charge on any atom is -0.404 e. The van der Waals surface area contributed by atoms with Crippen LogP contribution in [0.1, 0.15) is 12.5 Å². The summed E-state index contributed by atoms with van der Waals surface area (Å²) in [4.78, 5) is 0. The smallest absolute Gasteiger partial charge is 0.0944 e. The molecule has 4 rings (SSSR count). The summed E-state index contributed by atoms with van der Waals surface area (Å²) in [6, 6.07) is 25.6.